The van der Waals surface area contributed by atoms with E-state index in [9.17, 15) is 18.3 Å². The number of hydrogen-bond donors (Lipinski definition) is 1. The van der Waals surface area contributed by atoms with Crippen LogP contribution in [0.15, 0.2) is 30.9 Å². The van der Waals surface area contributed by atoms with E-state index in [0.717, 1.165) is 12.1 Å². The van der Waals surface area contributed by atoms with Gasteiger partial charge in [-0.1, -0.05) is 24.6 Å². The van der Waals surface area contributed by atoms with Crippen molar-refractivity contribution in [2.45, 2.75) is 25.0 Å². The zero-order valence-corrected chi connectivity index (χ0v) is 15.3. The fourth-order valence-electron chi connectivity index (χ4n) is 2.78. The summed E-state index contributed by atoms with van der Waals surface area (Å²) >= 11 is 11.5. The van der Waals surface area contributed by atoms with E-state index in [1.165, 1.54) is 24.3 Å². The summed E-state index contributed by atoms with van der Waals surface area (Å²) in [6.45, 7) is 1.08. The zero-order chi connectivity index (χ0) is 19.8. The maximum atomic E-state index is 14.5. The highest BCUT2D eigenvalue weighted by Gasteiger charge is 2.42. The molecule has 3 aromatic rings. The minimum Gasteiger partial charge on any atom is -0.382 e. The SMILES string of the molecule is C[C@@H](c1nc(Cl)nc(Cl)c1F)[C@@](O)(Cn1cncn1)c1ccc(F)cc1F. The van der Waals surface area contributed by atoms with E-state index < -0.39 is 34.1 Å². The van der Waals surface area contributed by atoms with Gasteiger partial charge >= 0.3 is 0 Å². The number of aromatic nitrogens is 5. The largest absolute Gasteiger partial charge is 0.382 e. The minimum atomic E-state index is -2.09. The zero-order valence-electron chi connectivity index (χ0n) is 13.7. The highest BCUT2D eigenvalue weighted by Crippen LogP contribution is 2.40. The molecule has 0 saturated carbocycles. The Morgan fingerprint density at radius 2 is 1.96 bits per heavy atom. The Bertz CT molecular complexity index is 973. The molecular weight excluding hydrogens is 406 g/mol. The van der Waals surface area contributed by atoms with Crippen LogP contribution in [-0.4, -0.2) is 29.8 Å². The van der Waals surface area contributed by atoms with Crippen molar-refractivity contribution in [1.29, 1.82) is 0 Å². The number of nitrogens with zero attached hydrogens (tertiary/aromatic N) is 5. The van der Waals surface area contributed by atoms with Gasteiger partial charge in [0.25, 0.3) is 0 Å². The fourth-order valence-corrected chi connectivity index (χ4v) is 3.18. The maximum absolute atomic E-state index is 14.5. The van der Waals surface area contributed by atoms with Gasteiger partial charge in [-0.25, -0.2) is 32.8 Å². The predicted octanol–water partition coefficient (Wildman–Crippen LogP) is 3.48. The van der Waals surface area contributed by atoms with Crippen LogP contribution in [0.5, 0.6) is 0 Å². The molecule has 0 fully saturated rings. The predicted molar refractivity (Wildman–Crippen MR) is 90.7 cm³/mol. The quantitative estimate of drug-likeness (QED) is 0.507. The Morgan fingerprint density at radius 1 is 1.22 bits per heavy atom. The van der Waals surface area contributed by atoms with Gasteiger partial charge in [0, 0.05) is 17.5 Å². The van der Waals surface area contributed by atoms with E-state index in [-0.39, 0.29) is 23.1 Å². The number of benzene rings is 1. The first kappa shape index (κ1) is 19.5. The molecule has 142 valence electrons. The standard InChI is InChI=1S/C16H12Cl2F3N5O/c1-8(13-12(21)14(17)25-15(18)24-13)16(27,5-26-7-22-6-23-26)10-3-2-9(19)4-11(10)20/h2-4,6-8,27H,5H2,1H3/t8-,16-/m0/s1. The third-order valence-electron chi connectivity index (χ3n) is 4.20. The Kier molecular flexibility index (Phi) is 5.36. The van der Waals surface area contributed by atoms with Gasteiger partial charge in [-0.15, -0.1) is 0 Å². The van der Waals surface area contributed by atoms with E-state index in [1.807, 2.05) is 0 Å². The summed E-state index contributed by atoms with van der Waals surface area (Å²) in [6.07, 6.45) is 2.50. The van der Waals surface area contributed by atoms with Crippen LogP contribution in [-0.2, 0) is 12.1 Å². The van der Waals surface area contributed by atoms with Gasteiger partial charge in [-0.05, 0) is 17.7 Å². The van der Waals surface area contributed by atoms with E-state index >= 15 is 0 Å². The molecule has 0 bridgehead atoms. The van der Waals surface area contributed by atoms with Crippen LogP contribution in [0.4, 0.5) is 13.2 Å². The molecule has 0 spiro atoms. The molecule has 2 aromatic heterocycles. The van der Waals surface area contributed by atoms with E-state index in [4.69, 9.17) is 23.2 Å². The number of hydrogen-bond acceptors (Lipinski definition) is 5. The van der Waals surface area contributed by atoms with Crippen molar-refractivity contribution >= 4 is 23.2 Å². The molecule has 0 radical (unpaired) electrons. The smallest absolute Gasteiger partial charge is 0.224 e. The lowest BCUT2D eigenvalue weighted by atomic mass is 9.79. The Labute approximate surface area is 161 Å². The van der Waals surface area contributed by atoms with Crippen molar-refractivity contribution < 1.29 is 18.3 Å². The van der Waals surface area contributed by atoms with Crippen LogP contribution in [0, 0.1) is 17.5 Å². The molecule has 11 heteroatoms. The average molecular weight is 418 g/mol. The molecule has 6 nitrogen and oxygen atoms in total. The molecule has 0 aliphatic carbocycles. The lowest BCUT2D eigenvalue weighted by Crippen LogP contribution is -2.39. The van der Waals surface area contributed by atoms with Crippen LogP contribution in [0.25, 0.3) is 0 Å². The van der Waals surface area contributed by atoms with Crippen LogP contribution < -0.4 is 0 Å². The minimum absolute atomic E-state index is 0.280. The lowest BCUT2D eigenvalue weighted by molar-refractivity contribution is -0.0133. The van der Waals surface area contributed by atoms with Gasteiger partial charge in [0.1, 0.15) is 29.9 Å². The maximum Gasteiger partial charge on any atom is 0.224 e. The van der Waals surface area contributed by atoms with Crippen LogP contribution in [0.3, 0.4) is 0 Å². The molecular formula is C16H12Cl2F3N5O. The summed E-state index contributed by atoms with van der Waals surface area (Å²) in [5.41, 5.74) is -2.70. The second kappa shape index (κ2) is 7.41. The Balaban J connectivity index is 2.17. The first-order valence-corrected chi connectivity index (χ1v) is 8.36. The van der Waals surface area contributed by atoms with Crippen LogP contribution in [0.2, 0.25) is 10.4 Å². The molecule has 27 heavy (non-hydrogen) atoms. The van der Waals surface area contributed by atoms with Gasteiger partial charge in [0.05, 0.1) is 12.2 Å². The summed E-state index contributed by atoms with van der Waals surface area (Å²) in [4.78, 5) is 11.0. The Hall–Kier alpha value is -2.23. The van der Waals surface area contributed by atoms with E-state index in [2.05, 4.69) is 20.1 Å². The molecule has 0 aliphatic heterocycles. The van der Waals surface area contributed by atoms with Gasteiger partial charge < -0.3 is 5.11 Å². The van der Waals surface area contributed by atoms with Crippen molar-refractivity contribution in [3.63, 3.8) is 0 Å². The first-order valence-electron chi connectivity index (χ1n) is 7.61. The normalized spacial score (nSPS) is 14.8. The topological polar surface area (TPSA) is 76.7 Å². The lowest BCUT2D eigenvalue weighted by Gasteiger charge is -2.34. The summed E-state index contributed by atoms with van der Waals surface area (Å²) in [6, 6.07) is 2.67. The molecule has 2 atom stereocenters. The monoisotopic (exact) mass is 417 g/mol. The molecule has 0 unspecified atom stereocenters. The van der Waals surface area contributed by atoms with Crippen LogP contribution in [0.1, 0.15) is 24.1 Å². The van der Waals surface area contributed by atoms with Gasteiger partial charge in [0.15, 0.2) is 11.0 Å². The Morgan fingerprint density at radius 3 is 2.59 bits per heavy atom. The third-order valence-corrected chi connectivity index (χ3v) is 4.62. The highest BCUT2D eigenvalue weighted by molar-refractivity contribution is 6.31. The molecule has 3 rings (SSSR count). The van der Waals surface area contributed by atoms with Gasteiger partial charge in [0.2, 0.25) is 5.28 Å². The molecule has 0 aliphatic rings. The molecule has 1 N–H and O–H groups in total. The summed E-state index contributed by atoms with van der Waals surface area (Å²) in [5, 5.41) is 14.4. The first-order chi connectivity index (χ1) is 12.7. The molecule has 2 heterocycles. The average Bonchev–Trinajstić information content (AvgIpc) is 3.10. The fraction of sp³-hybridized carbons (Fsp3) is 0.250. The number of aliphatic hydroxyl groups is 1. The van der Waals surface area contributed by atoms with E-state index in [1.54, 1.807) is 0 Å². The summed E-state index contributed by atoms with van der Waals surface area (Å²) < 4.78 is 43.6. The number of halogens is 5. The highest BCUT2D eigenvalue weighted by atomic mass is 35.5. The van der Waals surface area contributed by atoms with Crippen molar-refractivity contribution in [2.24, 2.45) is 0 Å². The van der Waals surface area contributed by atoms with Crippen molar-refractivity contribution in [1.82, 2.24) is 24.7 Å². The second-order valence-electron chi connectivity index (χ2n) is 5.85. The molecule has 0 saturated heterocycles. The van der Waals surface area contributed by atoms with E-state index in [0.29, 0.717) is 6.07 Å². The third kappa shape index (κ3) is 3.76. The number of rotatable bonds is 5. The van der Waals surface area contributed by atoms with Gasteiger partial charge in [-0.3, -0.25) is 0 Å². The van der Waals surface area contributed by atoms with Crippen molar-refractivity contribution in [2.75, 3.05) is 0 Å². The molecule has 0 amide bonds. The van der Waals surface area contributed by atoms with Crippen molar-refractivity contribution in [3.05, 3.63) is 70.0 Å². The van der Waals surface area contributed by atoms with Gasteiger partial charge in [-0.2, -0.15) is 5.10 Å². The molecule has 1 aromatic carbocycles. The van der Waals surface area contributed by atoms with Crippen molar-refractivity contribution in [3.8, 4) is 0 Å². The van der Waals surface area contributed by atoms with Crippen LogP contribution >= 0.6 is 23.2 Å². The summed E-state index contributed by atoms with van der Waals surface area (Å²) in [5.74, 6) is -4.02. The second-order valence-corrected chi connectivity index (χ2v) is 6.54. The summed E-state index contributed by atoms with van der Waals surface area (Å²) in [7, 11) is 0.